The third-order valence-electron chi connectivity index (χ3n) is 4.65. The summed E-state index contributed by atoms with van der Waals surface area (Å²) >= 11 is 0. The first kappa shape index (κ1) is 15.8. The normalized spacial score (nSPS) is 31.6. The highest BCUT2D eigenvalue weighted by molar-refractivity contribution is 5.07. The molecule has 4 nitrogen and oxygen atoms in total. The summed E-state index contributed by atoms with van der Waals surface area (Å²) in [7, 11) is 0. The lowest BCUT2D eigenvalue weighted by atomic mass is 9.92. The summed E-state index contributed by atoms with van der Waals surface area (Å²) in [6, 6.07) is 3.79. The molecule has 2 rings (SSSR count). The predicted octanol–water partition coefficient (Wildman–Crippen LogP) is 2.30. The number of nitrogens with one attached hydrogen (secondary N) is 1. The van der Waals surface area contributed by atoms with Crippen LogP contribution in [0.4, 0.5) is 0 Å². The summed E-state index contributed by atoms with van der Waals surface area (Å²) in [6.45, 7) is 10.3. The lowest BCUT2D eigenvalue weighted by Gasteiger charge is -2.43. The fourth-order valence-corrected chi connectivity index (χ4v) is 3.98. The first-order chi connectivity index (χ1) is 9.45. The average molecular weight is 279 g/mol. The van der Waals surface area contributed by atoms with E-state index in [-0.39, 0.29) is 0 Å². The van der Waals surface area contributed by atoms with E-state index in [1.54, 1.807) is 0 Å². The van der Waals surface area contributed by atoms with E-state index in [9.17, 15) is 5.26 Å². The second-order valence-corrected chi connectivity index (χ2v) is 6.94. The minimum absolute atomic E-state index is 0.329. The molecule has 1 saturated heterocycles. The van der Waals surface area contributed by atoms with Gasteiger partial charge in [0.05, 0.1) is 18.8 Å². The Kier molecular flexibility index (Phi) is 5.06. The minimum atomic E-state index is -0.444. The average Bonchev–Trinajstić information content (AvgIpc) is 2.85. The third-order valence-corrected chi connectivity index (χ3v) is 4.65. The predicted molar refractivity (Wildman–Crippen MR) is 80.5 cm³/mol. The van der Waals surface area contributed by atoms with Gasteiger partial charge in [0.2, 0.25) is 0 Å². The second-order valence-electron chi connectivity index (χ2n) is 6.94. The van der Waals surface area contributed by atoms with Gasteiger partial charge in [-0.2, -0.15) is 5.26 Å². The van der Waals surface area contributed by atoms with Crippen LogP contribution < -0.4 is 5.32 Å². The molecule has 1 heterocycles. The molecule has 1 saturated carbocycles. The van der Waals surface area contributed by atoms with Crippen molar-refractivity contribution in [2.24, 2.45) is 0 Å². The van der Waals surface area contributed by atoms with E-state index >= 15 is 0 Å². The lowest BCUT2D eigenvalue weighted by Crippen LogP contribution is -2.56. The zero-order valence-corrected chi connectivity index (χ0v) is 13.4. The highest BCUT2D eigenvalue weighted by Gasteiger charge is 2.39. The van der Waals surface area contributed by atoms with Crippen molar-refractivity contribution in [3.05, 3.63) is 0 Å². The molecule has 1 aliphatic heterocycles. The SMILES string of the molecule is CC(C)NC(C)(C#N)CC(C)N1CCOC2CCCC21. The van der Waals surface area contributed by atoms with Crippen LogP contribution in [0.1, 0.15) is 53.4 Å². The standard InChI is InChI=1S/C16H29N3O/c1-12(2)18-16(4,11-17)10-13(3)19-8-9-20-15-7-5-6-14(15)19/h12-15,18H,5-10H2,1-4H3. The van der Waals surface area contributed by atoms with E-state index in [2.05, 4.69) is 37.1 Å². The van der Waals surface area contributed by atoms with Crippen LogP contribution in [-0.4, -0.2) is 47.8 Å². The number of hydrogen-bond acceptors (Lipinski definition) is 4. The van der Waals surface area contributed by atoms with Gasteiger partial charge in [0.1, 0.15) is 5.54 Å². The zero-order valence-electron chi connectivity index (χ0n) is 13.4. The van der Waals surface area contributed by atoms with E-state index in [1.807, 2.05) is 6.92 Å². The van der Waals surface area contributed by atoms with Crippen molar-refractivity contribution in [3.8, 4) is 6.07 Å². The van der Waals surface area contributed by atoms with Gasteiger partial charge in [0.15, 0.2) is 0 Å². The van der Waals surface area contributed by atoms with Gasteiger partial charge < -0.3 is 4.74 Å². The van der Waals surface area contributed by atoms with Gasteiger partial charge in [-0.25, -0.2) is 0 Å². The van der Waals surface area contributed by atoms with E-state index in [4.69, 9.17) is 4.74 Å². The molecule has 1 N–H and O–H groups in total. The van der Waals surface area contributed by atoms with Crippen molar-refractivity contribution in [2.75, 3.05) is 13.2 Å². The molecular formula is C16H29N3O. The van der Waals surface area contributed by atoms with Crippen molar-refractivity contribution in [1.29, 1.82) is 5.26 Å². The minimum Gasteiger partial charge on any atom is -0.375 e. The van der Waals surface area contributed by atoms with E-state index in [0.29, 0.717) is 24.2 Å². The Balaban J connectivity index is 1.99. The first-order valence-corrected chi connectivity index (χ1v) is 8.01. The maximum atomic E-state index is 9.51. The summed E-state index contributed by atoms with van der Waals surface area (Å²) in [5, 5.41) is 12.9. The van der Waals surface area contributed by atoms with Gasteiger partial charge >= 0.3 is 0 Å². The molecule has 0 spiro atoms. The maximum absolute atomic E-state index is 9.51. The van der Waals surface area contributed by atoms with Crippen LogP contribution in [0.15, 0.2) is 0 Å². The van der Waals surface area contributed by atoms with E-state index in [1.165, 1.54) is 19.3 Å². The molecule has 0 amide bonds. The molecule has 4 heteroatoms. The van der Waals surface area contributed by atoms with Crippen molar-refractivity contribution in [1.82, 2.24) is 10.2 Å². The molecule has 1 aliphatic carbocycles. The number of nitriles is 1. The van der Waals surface area contributed by atoms with Crippen molar-refractivity contribution in [2.45, 2.75) is 83.1 Å². The number of fused-ring (bicyclic) bond motifs is 1. The molecule has 2 fully saturated rings. The fraction of sp³-hybridized carbons (Fsp3) is 0.938. The second kappa shape index (κ2) is 6.43. The number of nitrogens with zero attached hydrogens (tertiary/aromatic N) is 2. The van der Waals surface area contributed by atoms with Gasteiger partial charge in [-0.05, 0) is 53.4 Å². The fourth-order valence-electron chi connectivity index (χ4n) is 3.98. The van der Waals surface area contributed by atoms with Crippen LogP contribution in [0.25, 0.3) is 0 Å². The van der Waals surface area contributed by atoms with Crippen LogP contribution in [0.5, 0.6) is 0 Å². The van der Waals surface area contributed by atoms with Gasteiger partial charge in [-0.15, -0.1) is 0 Å². The molecule has 0 aromatic heterocycles. The molecule has 4 atom stereocenters. The smallest absolute Gasteiger partial charge is 0.105 e. The summed E-state index contributed by atoms with van der Waals surface area (Å²) in [5.41, 5.74) is -0.444. The van der Waals surface area contributed by atoms with Crippen molar-refractivity contribution >= 4 is 0 Å². The van der Waals surface area contributed by atoms with Crippen LogP contribution >= 0.6 is 0 Å². The van der Waals surface area contributed by atoms with Crippen molar-refractivity contribution < 1.29 is 4.74 Å². The molecule has 114 valence electrons. The Morgan fingerprint density at radius 1 is 1.40 bits per heavy atom. The van der Waals surface area contributed by atoms with Gasteiger partial charge in [0, 0.05) is 24.7 Å². The summed E-state index contributed by atoms with van der Waals surface area (Å²) in [4.78, 5) is 2.58. The number of rotatable bonds is 5. The number of hydrogen-bond donors (Lipinski definition) is 1. The number of ether oxygens (including phenoxy) is 1. The molecule has 0 aromatic rings. The Hall–Kier alpha value is -0.630. The highest BCUT2D eigenvalue weighted by atomic mass is 16.5. The van der Waals surface area contributed by atoms with Gasteiger partial charge in [-0.3, -0.25) is 10.2 Å². The van der Waals surface area contributed by atoms with Gasteiger partial charge in [0.25, 0.3) is 0 Å². The Morgan fingerprint density at radius 3 is 2.80 bits per heavy atom. The summed E-state index contributed by atoms with van der Waals surface area (Å²) < 4.78 is 5.88. The van der Waals surface area contributed by atoms with Crippen LogP contribution in [0, 0.1) is 11.3 Å². The Bertz CT molecular complexity index is 365. The monoisotopic (exact) mass is 279 g/mol. The van der Waals surface area contributed by atoms with Crippen LogP contribution in [-0.2, 0) is 4.74 Å². The number of morpholine rings is 1. The molecule has 0 radical (unpaired) electrons. The molecule has 0 aromatic carbocycles. The zero-order chi connectivity index (χ0) is 14.8. The summed E-state index contributed by atoms with van der Waals surface area (Å²) in [5.74, 6) is 0. The topological polar surface area (TPSA) is 48.3 Å². The quantitative estimate of drug-likeness (QED) is 0.839. The molecule has 4 unspecified atom stereocenters. The lowest BCUT2D eigenvalue weighted by molar-refractivity contribution is -0.0721. The van der Waals surface area contributed by atoms with Crippen LogP contribution in [0.2, 0.25) is 0 Å². The molecule has 2 aliphatic rings. The molecule has 20 heavy (non-hydrogen) atoms. The molecule has 0 bridgehead atoms. The molecular weight excluding hydrogens is 250 g/mol. The largest absolute Gasteiger partial charge is 0.375 e. The maximum Gasteiger partial charge on any atom is 0.105 e. The van der Waals surface area contributed by atoms with Gasteiger partial charge in [-0.1, -0.05) is 0 Å². The third kappa shape index (κ3) is 3.52. The summed E-state index contributed by atoms with van der Waals surface area (Å²) in [6.07, 6.45) is 5.02. The van der Waals surface area contributed by atoms with Crippen LogP contribution in [0.3, 0.4) is 0 Å². The Labute approximate surface area is 123 Å². The highest BCUT2D eigenvalue weighted by Crippen LogP contribution is 2.32. The Morgan fingerprint density at radius 2 is 2.15 bits per heavy atom. The van der Waals surface area contributed by atoms with E-state index < -0.39 is 5.54 Å². The van der Waals surface area contributed by atoms with Crippen molar-refractivity contribution in [3.63, 3.8) is 0 Å². The van der Waals surface area contributed by atoms with E-state index in [0.717, 1.165) is 19.6 Å². The first-order valence-electron chi connectivity index (χ1n) is 8.01.